The molecular weight excluding hydrogens is 288 g/mol. The molecule has 1 aromatic carbocycles. The molecule has 1 N–H and O–H groups in total. The lowest BCUT2D eigenvalue weighted by Gasteiger charge is -2.18. The molecule has 1 rings (SSSR count). The third kappa shape index (κ3) is 6.16. The maximum absolute atomic E-state index is 12.0. The monoisotopic (exact) mass is 314 g/mol. The molecule has 0 heterocycles. The lowest BCUT2D eigenvalue weighted by Crippen LogP contribution is -2.24. The Balaban J connectivity index is 2.51. The smallest absolute Gasteiger partial charge is 0.296 e. The fourth-order valence-corrected chi connectivity index (χ4v) is 2.97. The summed E-state index contributed by atoms with van der Waals surface area (Å²) in [7, 11) is -3.74. The normalized spacial score (nSPS) is 14.9. The van der Waals surface area contributed by atoms with E-state index in [4.69, 9.17) is 4.18 Å². The minimum absolute atomic E-state index is 0.00347. The van der Waals surface area contributed by atoms with Crippen LogP contribution >= 0.6 is 0 Å². The molecule has 0 aliphatic heterocycles. The molecular formula is C16H26O4S. The maximum Gasteiger partial charge on any atom is 0.296 e. The summed E-state index contributed by atoms with van der Waals surface area (Å²) in [5.74, 6) is -0.206. The zero-order chi connectivity index (χ0) is 15.9. The highest BCUT2D eigenvalue weighted by Crippen LogP contribution is 2.17. The minimum Gasteiger partial charge on any atom is -0.393 e. The summed E-state index contributed by atoms with van der Waals surface area (Å²) < 4.78 is 29.1. The van der Waals surface area contributed by atoms with Crippen LogP contribution in [-0.4, -0.2) is 26.2 Å². The lowest BCUT2D eigenvalue weighted by atomic mass is 10.0. The van der Waals surface area contributed by atoms with Crippen LogP contribution in [0.25, 0.3) is 0 Å². The van der Waals surface area contributed by atoms with Crippen molar-refractivity contribution in [3.8, 4) is 0 Å². The van der Waals surface area contributed by atoms with Crippen LogP contribution in [-0.2, 0) is 14.3 Å². The summed E-state index contributed by atoms with van der Waals surface area (Å²) >= 11 is 0. The molecule has 4 nitrogen and oxygen atoms in total. The van der Waals surface area contributed by atoms with Crippen LogP contribution in [0, 0.1) is 12.8 Å². The van der Waals surface area contributed by atoms with E-state index in [1.807, 2.05) is 6.92 Å². The van der Waals surface area contributed by atoms with Crippen molar-refractivity contribution in [2.75, 3.05) is 6.61 Å². The second-order valence-electron chi connectivity index (χ2n) is 5.59. The van der Waals surface area contributed by atoms with Crippen LogP contribution in [0.15, 0.2) is 29.2 Å². The predicted molar refractivity (Wildman–Crippen MR) is 83.6 cm³/mol. The van der Waals surface area contributed by atoms with Gasteiger partial charge in [-0.05, 0) is 25.5 Å². The van der Waals surface area contributed by atoms with Gasteiger partial charge in [0, 0.05) is 5.92 Å². The zero-order valence-corrected chi connectivity index (χ0v) is 13.9. The molecule has 0 aliphatic rings. The van der Waals surface area contributed by atoms with Gasteiger partial charge >= 0.3 is 0 Å². The number of unbranched alkanes of at least 4 members (excludes halogenated alkanes) is 2. The van der Waals surface area contributed by atoms with Crippen LogP contribution in [0.5, 0.6) is 0 Å². The Labute approximate surface area is 128 Å². The number of hydrogen-bond donors (Lipinski definition) is 1. The molecule has 0 saturated carbocycles. The topological polar surface area (TPSA) is 63.6 Å². The molecule has 1 aromatic rings. The molecule has 0 amide bonds. The Bertz CT molecular complexity index is 508. The van der Waals surface area contributed by atoms with Crippen molar-refractivity contribution in [3.63, 3.8) is 0 Å². The van der Waals surface area contributed by atoms with Crippen molar-refractivity contribution < 1.29 is 17.7 Å². The van der Waals surface area contributed by atoms with E-state index in [1.165, 1.54) is 12.1 Å². The van der Waals surface area contributed by atoms with Gasteiger partial charge in [-0.3, -0.25) is 4.18 Å². The van der Waals surface area contributed by atoms with Gasteiger partial charge in [-0.1, -0.05) is 50.8 Å². The van der Waals surface area contributed by atoms with E-state index in [0.29, 0.717) is 6.42 Å². The third-order valence-electron chi connectivity index (χ3n) is 3.56. The van der Waals surface area contributed by atoms with E-state index in [2.05, 4.69) is 6.92 Å². The Morgan fingerprint density at radius 1 is 1.19 bits per heavy atom. The largest absolute Gasteiger partial charge is 0.393 e. The van der Waals surface area contributed by atoms with E-state index < -0.39 is 16.2 Å². The second-order valence-corrected chi connectivity index (χ2v) is 7.21. The number of aliphatic hydroxyl groups excluding tert-OH is 1. The van der Waals surface area contributed by atoms with Gasteiger partial charge in [-0.25, -0.2) is 0 Å². The highest BCUT2D eigenvalue weighted by molar-refractivity contribution is 7.86. The molecule has 21 heavy (non-hydrogen) atoms. The Kier molecular flexibility index (Phi) is 7.35. The van der Waals surface area contributed by atoms with Gasteiger partial charge < -0.3 is 5.11 Å². The van der Waals surface area contributed by atoms with Gasteiger partial charge in [0.05, 0.1) is 17.6 Å². The Morgan fingerprint density at radius 2 is 1.81 bits per heavy atom. The third-order valence-corrected chi connectivity index (χ3v) is 4.85. The highest BCUT2D eigenvalue weighted by atomic mass is 32.2. The minimum atomic E-state index is -3.74. The van der Waals surface area contributed by atoms with Gasteiger partial charge in [0.15, 0.2) is 0 Å². The summed E-state index contributed by atoms with van der Waals surface area (Å²) in [5.41, 5.74) is 0.994. The molecule has 0 saturated heterocycles. The molecule has 0 bridgehead atoms. The highest BCUT2D eigenvalue weighted by Gasteiger charge is 2.20. The summed E-state index contributed by atoms with van der Waals surface area (Å²) in [6.45, 7) is 5.81. The SMILES string of the molecule is CCCCC[C@H](O)[C@@H](C)COS(=O)(=O)c1ccc(C)cc1. The van der Waals surface area contributed by atoms with Gasteiger partial charge in [0.25, 0.3) is 10.1 Å². The summed E-state index contributed by atoms with van der Waals surface area (Å²) in [5, 5.41) is 9.97. The number of aliphatic hydroxyl groups is 1. The van der Waals surface area contributed by atoms with Crippen LogP contribution < -0.4 is 0 Å². The number of hydrogen-bond acceptors (Lipinski definition) is 4. The summed E-state index contributed by atoms with van der Waals surface area (Å²) in [6, 6.07) is 6.54. The molecule has 0 fully saturated rings. The van der Waals surface area contributed by atoms with Crippen LogP contribution in [0.4, 0.5) is 0 Å². The van der Waals surface area contributed by atoms with Gasteiger partial charge in [0.2, 0.25) is 0 Å². The molecule has 0 aromatic heterocycles. The average Bonchev–Trinajstić information content (AvgIpc) is 2.45. The first-order valence-electron chi connectivity index (χ1n) is 7.51. The molecule has 0 radical (unpaired) electrons. The van der Waals surface area contributed by atoms with E-state index in [1.54, 1.807) is 19.1 Å². The summed E-state index contributed by atoms with van der Waals surface area (Å²) in [6.07, 6.45) is 3.28. The Hall–Kier alpha value is -0.910. The van der Waals surface area contributed by atoms with E-state index >= 15 is 0 Å². The number of benzene rings is 1. The molecule has 0 aliphatic carbocycles. The van der Waals surface area contributed by atoms with Crippen LogP contribution in [0.1, 0.15) is 45.1 Å². The lowest BCUT2D eigenvalue weighted by molar-refractivity contribution is 0.0771. The van der Waals surface area contributed by atoms with Crippen molar-refractivity contribution in [3.05, 3.63) is 29.8 Å². The Morgan fingerprint density at radius 3 is 2.38 bits per heavy atom. The van der Waals surface area contributed by atoms with Crippen molar-refractivity contribution in [1.29, 1.82) is 0 Å². The molecule has 120 valence electrons. The van der Waals surface area contributed by atoms with Gasteiger partial charge in [-0.15, -0.1) is 0 Å². The zero-order valence-electron chi connectivity index (χ0n) is 13.1. The summed E-state index contributed by atoms with van der Waals surface area (Å²) in [4.78, 5) is 0.153. The van der Waals surface area contributed by atoms with Crippen LogP contribution in [0.3, 0.4) is 0 Å². The number of rotatable bonds is 9. The molecule has 2 atom stereocenters. The molecule has 5 heteroatoms. The molecule has 0 unspecified atom stereocenters. The van der Waals surface area contributed by atoms with Crippen molar-refractivity contribution >= 4 is 10.1 Å². The van der Waals surface area contributed by atoms with Crippen molar-refractivity contribution in [1.82, 2.24) is 0 Å². The quantitative estimate of drug-likeness (QED) is 0.561. The predicted octanol–water partition coefficient (Wildman–Crippen LogP) is 3.28. The van der Waals surface area contributed by atoms with E-state index in [-0.39, 0.29) is 17.4 Å². The van der Waals surface area contributed by atoms with Crippen LogP contribution in [0.2, 0.25) is 0 Å². The first-order valence-corrected chi connectivity index (χ1v) is 8.91. The first kappa shape index (κ1) is 18.1. The maximum atomic E-state index is 12.0. The fraction of sp³-hybridized carbons (Fsp3) is 0.625. The van der Waals surface area contributed by atoms with Gasteiger partial charge in [-0.2, -0.15) is 8.42 Å². The van der Waals surface area contributed by atoms with E-state index in [9.17, 15) is 13.5 Å². The first-order chi connectivity index (χ1) is 9.86. The van der Waals surface area contributed by atoms with Crippen molar-refractivity contribution in [2.45, 2.75) is 57.5 Å². The van der Waals surface area contributed by atoms with Gasteiger partial charge in [0.1, 0.15) is 0 Å². The van der Waals surface area contributed by atoms with Crippen molar-refractivity contribution in [2.24, 2.45) is 5.92 Å². The fourth-order valence-electron chi connectivity index (χ4n) is 1.97. The molecule has 0 spiro atoms. The number of aryl methyl sites for hydroxylation is 1. The second kappa shape index (κ2) is 8.51. The van der Waals surface area contributed by atoms with E-state index in [0.717, 1.165) is 24.8 Å². The average molecular weight is 314 g/mol. The standard InChI is InChI=1S/C16H26O4S/c1-4-5-6-7-16(17)14(3)12-20-21(18,19)15-10-8-13(2)9-11-15/h8-11,14,16-17H,4-7,12H2,1-3H3/t14-,16-/m0/s1.